The van der Waals surface area contributed by atoms with E-state index in [9.17, 15) is 9.59 Å². The van der Waals surface area contributed by atoms with Crippen molar-refractivity contribution in [2.24, 2.45) is 0 Å². The molecule has 0 aliphatic rings. The first-order valence-electron chi connectivity index (χ1n) is 17.9. The molecule has 0 aromatic rings. The number of hydrogen-bond acceptors (Lipinski definition) is 3. The van der Waals surface area contributed by atoms with Crippen molar-refractivity contribution < 1.29 is 19.4 Å². The first kappa shape index (κ1) is 40.2. The fourth-order valence-corrected chi connectivity index (χ4v) is 5.24. The zero-order chi connectivity index (χ0) is 30.8. The van der Waals surface area contributed by atoms with Gasteiger partial charge in [0.15, 0.2) is 0 Å². The number of aliphatic carboxylic acids is 1. The Morgan fingerprint density at radius 3 is 1.45 bits per heavy atom. The Morgan fingerprint density at radius 1 is 0.548 bits per heavy atom. The zero-order valence-electron chi connectivity index (χ0n) is 27.8. The maximum absolute atomic E-state index is 12.1. The Balaban J connectivity index is 3.35. The van der Waals surface area contributed by atoms with Gasteiger partial charge in [-0.25, -0.2) is 0 Å². The summed E-state index contributed by atoms with van der Waals surface area (Å²) in [6.07, 6.45) is 44.3. The first-order valence-corrected chi connectivity index (χ1v) is 17.9. The maximum Gasteiger partial charge on any atom is 0.306 e. The largest absolute Gasteiger partial charge is 0.481 e. The lowest BCUT2D eigenvalue weighted by atomic mass is 10.0. The maximum atomic E-state index is 12.1. The Hall–Kier alpha value is -1.84. The average molecular weight is 589 g/mol. The van der Waals surface area contributed by atoms with Crippen LogP contribution in [0.15, 0.2) is 36.5 Å². The van der Waals surface area contributed by atoms with Gasteiger partial charge in [0.25, 0.3) is 0 Å². The van der Waals surface area contributed by atoms with Crippen LogP contribution in [0.4, 0.5) is 0 Å². The van der Waals surface area contributed by atoms with Gasteiger partial charge in [-0.15, -0.1) is 0 Å². The second kappa shape index (κ2) is 33.7. The number of unbranched alkanes of at least 4 members (excludes halogenated alkanes) is 19. The van der Waals surface area contributed by atoms with Crippen molar-refractivity contribution >= 4 is 11.9 Å². The number of carboxylic acid groups (broad SMARTS) is 1. The first-order chi connectivity index (χ1) is 20.6. The van der Waals surface area contributed by atoms with E-state index in [1.165, 1.54) is 103 Å². The van der Waals surface area contributed by atoms with Crippen LogP contribution in [0, 0.1) is 0 Å². The van der Waals surface area contributed by atoms with Crippen molar-refractivity contribution in [1.82, 2.24) is 0 Å². The molecule has 1 unspecified atom stereocenters. The van der Waals surface area contributed by atoms with Crippen molar-refractivity contribution in [3.8, 4) is 0 Å². The van der Waals surface area contributed by atoms with Gasteiger partial charge in [0.2, 0.25) is 0 Å². The van der Waals surface area contributed by atoms with Gasteiger partial charge in [-0.1, -0.05) is 146 Å². The van der Waals surface area contributed by atoms with E-state index in [1.807, 2.05) is 6.92 Å². The molecule has 0 aliphatic carbocycles. The number of allylic oxidation sites excluding steroid dienone is 6. The number of hydrogen-bond donors (Lipinski definition) is 1. The molecular weight excluding hydrogens is 520 g/mol. The lowest BCUT2D eigenvalue weighted by Crippen LogP contribution is -2.14. The molecule has 4 heteroatoms. The highest BCUT2D eigenvalue weighted by Crippen LogP contribution is 2.15. The van der Waals surface area contributed by atoms with Crippen LogP contribution in [0.3, 0.4) is 0 Å². The number of esters is 1. The third-order valence-corrected chi connectivity index (χ3v) is 7.87. The minimum atomic E-state index is -0.670. The normalized spacial score (nSPS) is 12.6. The van der Waals surface area contributed by atoms with Crippen LogP contribution in [-0.2, 0) is 14.3 Å². The molecule has 4 nitrogen and oxygen atoms in total. The zero-order valence-corrected chi connectivity index (χ0v) is 27.8. The van der Waals surface area contributed by atoms with Crippen LogP contribution in [0.5, 0.6) is 0 Å². The fourth-order valence-electron chi connectivity index (χ4n) is 5.24. The number of carbonyl (C=O) groups is 2. The summed E-state index contributed by atoms with van der Waals surface area (Å²) in [6, 6.07) is 0. The summed E-state index contributed by atoms with van der Waals surface area (Å²) in [5.74, 6) is -0.683. The summed E-state index contributed by atoms with van der Waals surface area (Å²) < 4.78 is 5.62. The molecular formula is C38H68O4. The van der Waals surface area contributed by atoms with Crippen molar-refractivity contribution in [1.29, 1.82) is 0 Å². The van der Waals surface area contributed by atoms with Crippen LogP contribution in [-0.4, -0.2) is 23.1 Å². The highest BCUT2D eigenvalue weighted by Gasteiger charge is 2.09. The second-order valence-electron chi connectivity index (χ2n) is 12.1. The summed E-state index contributed by atoms with van der Waals surface area (Å²) >= 11 is 0. The quantitative estimate of drug-likeness (QED) is 0.0482. The van der Waals surface area contributed by atoms with Gasteiger partial charge < -0.3 is 9.84 Å². The molecule has 0 rings (SSSR count). The molecule has 244 valence electrons. The molecule has 0 bridgehead atoms. The lowest BCUT2D eigenvalue weighted by Gasteiger charge is -2.13. The topological polar surface area (TPSA) is 63.6 Å². The van der Waals surface area contributed by atoms with Crippen LogP contribution in [0.25, 0.3) is 0 Å². The molecule has 1 N–H and O–H groups in total. The van der Waals surface area contributed by atoms with Crippen molar-refractivity contribution in [2.75, 3.05) is 0 Å². The molecule has 0 aromatic heterocycles. The highest BCUT2D eigenvalue weighted by molar-refractivity contribution is 5.69. The van der Waals surface area contributed by atoms with Gasteiger partial charge in [-0.2, -0.15) is 0 Å². The highest BCUT2D eigenvalue weighted by atomic mass is 16.5. The Kier molecular flexibility index (Phi) is 32.2. The summed E-state index contributed by atoms with van der Waals surface area (Å²) in [7, 11) is 0. The Morgan fingerprint density at radius 2 is 0.952 bits per heavy atom. The van der Waals surface area contributed by atoms with Crippen molar-refractivity contribution in [3.63, 3.8) is 0 Å². The van der Waals surface area contributed by atoms with Crippen molar-refractivity contribution in [2.45, 2.75) is 193 Å². The van der Waals surface area contributed by atoms with Gasteiger partial charge in [-0.3, -0.25) is 9.59 Å². The summed E-state index contributed by atoms with van der Waals surface area (Å²) in [5.41, 5.74) is 0. The van der Waals surface area contributed by atoms with Crippen molar-refractivity contribution in [3.05, 3.63) is 36.5 Å². The minimum absolute atomic E-state index is 0.0122. The molecule has 0 fully saturated rings. The molecule has 0 saturated carbocycles. The summed E-state index contributed by atoms with van der Waals surface area (Å²) in [4.78, 5) is 22.6. The van der Waals surface area contributed by atoms with Crippen LogP contribution < -0.4 is 0 Å². The third-order valence-electron chi connectivity index (χ3n) is 7.87. The van der Waals surface area contributed by atoms with Crippen LogP contribution >= 0.6 is 0 Å². The van der Waals surface area contributed by atoms with E-state index in [-0.39, 0.29) is 12.1 Å². The van der Waals surface area contributed by atoms with E-state index in [4.69, 9.17) is 9.84 Å². The van der Waals surface area contributed by atoms with E-state index < -0.39 is 5.97 Å². The SMILES string of the molecule is CC/C=C\C/C=C\C/C=C\CCCCCCCCCC(=O)OC(C)CCCCCCCCCCCCCCCC(=O)O. The smallest absolute Gasteiger partial charge is 0.306 e. The van der Waals surface area contributed by atoms with E-state index in [0.717, 1.165) is 57.8 Å². The van der Waals surface area contributed by atoms with Crippen LogP contribution in [0.2, 0.25) is 0 Å². The molecule has 42 heavy (non-hydrogen) atoms. The molecule has 0 saturated heterocycles. The van der Waals surface area contributed by atoms with E-state index >= 15 is 0 Å². The average Bonchev–Trinajstić information content (AvgIpc) is 2.96. The number of carboxylic acids is 1. The summed E-state index contributed by atoms with van der Waals surface area (Å²) in [5, 5.41) is 8.64. The molecule has 0 aliphatic heterocycles. The van der Waals surface area contributed by atoms with E-state index in [1.54, 1.807) is 0 Å². The Labute approximate surface area is 260 Å². The van der Waals surface area contributed by atoms with Gasteiger partial charge in [-0.05, 0) is 64.7 Å². The molecule has 0 spiro atoms. The molecule has 0 aromatic carbocycles. The fraction of sp³-hybridized carbons (Fsp3) is 0.789. The van der Waals surface area contributed by atoms with E-state index in [2.05, 4.69) is 43.4 Å². The van der Waals surface area contributed by atoms with Gasteiger partial charge >= 0.3 is 11.9 Å². The monoisotopic (exact) mass is 589 g/mol. The molecule has 0 radical (unpaired) electrons. The second-order valence-corrected chi connectivity index (χ2v) is 12.1. The van der Waals surface area contributed by atoms with Gasteiger partial charge in [0, 0.05) is 12.8 Å². The minimum Gasteiger partial charge on any atom is -0.481 e. The third kappa shape index (κ3) is 34.4. The lowest BCUT2D eigenvalue weighted by molar-refractivity contribution is -0.148. The number of carbonyl (C=O) groups excluding carboxylic acids is 1. The predicted octanol–water partition coefficient (Wildman–Crippen LogP) is 12.2. The van der Waals surface area contributed by atoms with Crippen LogP contribution in [0.1, 0.15) is 187 Å². The van der Waals surface area contributed by atoms with Gasteiger partial charge in [0.05, 0.1) is 6.10 Å². The van der Waals surface area contributed by atoms with E-state index in [0.29, 0.717) is 12.8 Å². The molecule has 1 atom stereocenters. The standard InChI is InChI=1S/C38H68O4/c1-3-4-5-6-7-8-9-10-11-12-13-17-20-23-26-29-32-35-38(41)42-36(2)33-30-27-24-21-18-15-14-16-19-22-25-28-31-34-37(39)40/h4-5,7-8,10-11,36H,3,6,9,12-35H2,1-2H3,(H,39,40)/b5-4-,8-7-,11-10-. The predicted molar refractivity (Wildman–Crippen MR) is 181 cm³/mol. The Bertz CT molecular complexity index is 679. The molecule has 0 heterocycles. The van der Waals surface area contributed by atoms with Gasteiger partial charge in [0.1, 0.15) is 0 Å². The number of rotatable bonds is 32. The summed E-state index contributed by atoms with van der Waals surface area (Å²) in [6.45, 7) is 4.21. The number of ether oxygens (including phenoxy) is 1. The molecule has 0 amide bonds.